The van der Waals surface area contributed by atoms with Gasteiger partial charge in [-0.2, -0.15) is 0 Å². The molecule has 1 heterocycles. The molecule has 1 aliphatic heterocycles. The number of anilines is 2. The van der Waals surface area contributed by atoms with Crippen LogP contribution in [0.15, 0.2) is 42.5 Å². The van der Waals surface area contributed by atoms with Crippen molar-refractivity contribution >= 4 is 23.2 Å². The van der Waals surface area contributed by atoms with Gasteiger partial charge in [0.2, 0.25) is 11.8 Å². The first-order valence-corrected chi connectivity index (χ1v) is 9.67. The van der Waals surface area contributed by atoms with Gasteiger partial charge in [0.1, 0.15) is 0 Å². The lowest BCUT2D eigenvalue weighted by atomic mass is 9.85. The molecule has 1 saturated heterocycles. The molecule has 1 fully saturated rings. The van der Waals surface area contributed by atoms with E-state index in [0.29, 0.717) is 23.7 Å². The highest BCUT2D eigenvalue weighted by Crippen LogP contribution is 2.35. The van der Waals surface area contributed by atoms with E-state index in [-0.39, 0.29) is 23.7 Å². The van der Waals surface area contributed by atoms with E-state index in [0.717, 1.165) is 11.3 Å². The third-order valence-corrected chi connectivity index (χ3v) is 5.17. The Morgan fingerprint density at radius 1 is 1.07 bits per heavy atom. The van der Waals surface area contributed by atoms with Gasteiger partial charge in [0.25, 0.3) is 0 Å². The summed E-state index contributed by atoms with van der Waals surface area (Å²) in [7, 11) is 3.12. The molecule has 6 heteroatoms. The number of rotatable bonds is 5. The van der Waals surface area contributed by atoms with Crippen LogP contribution in [0.25, 0.3) is 0 Å². The molecule has 0 saturated carbocycles. The predicted octanol–water partition coefficient (Wildman–Crippen LogP) is 3.99. The standard InChI is InChI=1S/C23H28N2O4/c1-23(2,3)17-8-6-7-9-18(17)24-22(27)15-12-21(26)25(14-15)16-10-11-19(28-4)20(13-16)29-5/h6-11,13,15H,12,14H2,1-5H3,(H,24,27)/t15-/m0/s1. The second-order valence-electron chi connectivity index (χ2n) is 8.23. The third kappa shape index (κ3) is 4.36. The zero-order chi connectivity index (χ0) is 21.2. The number of carbonyl (C=O) groups excluding carboxylic acids is 2. The molecule has 0 bridgehead atoms. The number of methoxy groups -OCH3 is 2. The average molecular weight is 396 g/mol. The Bertz CT molecular complexity index is 917. The average Bonchev–Trinajstić information content (AvgIpc) is 3.09. The molecule has 0 spiro atoms. The number of hydrogen-bond donors (Lipinski definition) is 1. The van der Waals surface area contributed by atoms with Gasteiger partial charge in [-0.05, 0) is 29.2 Å². The lowest BCUT2D eigenvalue weighted by molar-refractivity contribution is -0.122. The van der Waals surface area contributed by atoms with Crippen LogP contribution in [0.1, 0.15) is 32.8 Å². The Hall–Kier alpha value is -3.02. The molecule has 2 aromatic rings. The quantitative estimate of drug-likeness (QED) is 0.830. The van der Waals surface area contributed by atoms with Crippen molar-refractivity contribution in [3.8, 4) is 11.5 Å². The highest BCUT2D eigenvalue weighted by atomic mass is 16.5. The van der Waals surface area contributed by atoms with Gasteiger partial charge in [-0.3, -0.25) is 9.59 Å². The number of nitrogens with zero attached hydrogens (tertiary/aromatic N) is 1. The second kappa shape index (κ2) is 8.15. The molecular weight excluding hydrogens is 368 g/mol. The SMILES string of the molecule is COc1ccc(N2C[C@@H](C(=O)Nc3ccccc3C(C)(C)C)CC2=O)cc1OC. The van der Waals surface area contributed by atoms with Crippen molar-refractivity contribution in [1.82, 2.24) is 0 Å². The summed E-state index contributed by atoms with van der Waals surface area (Å²) in [5.74, 6) is 0.504. The minimum atomic E-state index is -0.413. The number of hydrogen-bond acceptors (Lipinski definition) is 4. The molecule has 6 nitrogen and oxygen atoms in total. The van der Waals surface area contributed by atoms with E-state index >= 15 is 0 Å². The Labute approximate surface area is 171 Å². The second-order valence-corrected chi connectivity index (χ2v) is 8.23. The van der Waals surface area contributed by atoms with Gasteiger partial charge in [0.15, 0.2) is 11.5 Å². The first-order chi connectivity index (χ1) is 13.7. The van der Waals surface area contributed by atoms with Crippen LogP contribution in [0.4, 0.5) is 11.4 Å². The van der Waals surface area contributed by atoms with Gasteiger partial charge in [0, 0.05) is 30.4 Å². The molecular formula is C23H28N2O4. The number of benzene rings is 2. The fourth-order valence-electron chi connectivity index (χ4n) is 3.61. The number of nitrogens with one attached hydrogen (secondary N) is 1. The van der Waals surface area contributed by atoms with Crippen LogP contribution >= 0.6 is 0 Å². The molecule has 0 aliphatic carbocycles. The molecule has 2 amide bonds. The van der Waals surface area contributed by atoms with Gasteiger partial charge in [-0.25, -0.2) is 0 Å². The Kier molecular flexibility index (Phi) is 5.82. The number of carbonyl (C=O) groups is 2. The van der Waals surface area contributed by atoms with Crippen LogP contribution in [0, 0.1) is 5.92 Å². The van der Waals surface area contributed by atoms with Crippen LogP contribution in [-0.2, 0) is 15.0 Å². The minimum Gasteiger partial charge on any atom is -0.493 e. The Morgan fingerprint density at radius 3 is 2.41 bits per heavy atom. The van der Waals surface area contributed by atoms with E-state index in [4.69, 9.17) is 9.47 Å². The first-order valence-electron chi connectivity index (χ1n) is 9.67. The smallest absolute Gasteiger partial charge is 0.229 e. The van der Waals surface area contributed by atoms with Crippen molar-refractivity contribution in [2.75, 3.05) is 31.0 Å². The van der Waals surface area contributed by atoms with Crippen molar-refractivity contribution in [3.05, 3.63) is 48.0 Å². The molecule has 0 radical (unpaired) electrons. The van der Waals surface area contributed by atoms with E-state index < -0.39 is 5.92 Å². The van der Waals surface area contributed by atoms with Crippen LogP contribution in [0.3, 0.4) is 0 Å². The van der Waals surface area contributed by atoms with Gasteiger partial charge in [-0.1, -0.05) is 39.0 Å². The fraction of sp³-hybridized carbons (Fsp3) is 0.391. The lowest BCUT2D eigenvalue weighted by Gasteiger charge is -2.23. The summed E-state index contributed by atoms with van der Waals surface area (Å²) in [5.41, 5.74) is 2.45. The maximum atomic E-state index is 12.9. The summed E-state index contributed by atoms with van der Waals surface area (Å²) in [4.78, 5) is 27.1. The summed E-state index contributed by atoms with van der Waals surface area (Å²) in [6.45, 7) is 6.65. The normalized spacial score (nSPS) is 16.7. The van der Waals surface area contributed by atoms with Crippen LogP contribution in [0.2, 0.25) is 0 Å². The van der Waals surface area contributed by atoms with Gasteiger partial charge < -0.3 is 19.7 Å². The molecule has 0 aromatic heterocycles. The molecule has 1 N–H and O–H groups in total. The molecule has 3 rings (SSSR count). The van der Waals surface area contributed by atoms with E-state index in [1.807, 2.05) is 24.3 Å². The summed E-state index contributed by atoms with van der Waals surface area (Å²) in [6.07, 6.45) is 0.178. The van der Waals surface area contributed by atoms with Crippen LogP contribution in [0.5, 0.6) is 11.5 Å². The van der Waals surface area contributed by atoms with Gasteiger partial charge in [0.05, 0.1) is 20.1 Å². The zero-order valence-corrected chi connectivity index (χ0v) is 17.6. The van der Waals surface area contributed by atoms with Gasteiger partial charge in [-0.15, -0.1) is 0 Å². The Morgan fingerprint density at radius 2 is 1.76 bits per heavy atom. The summed E-state index contributed by atoms with van der Waals surface area (Å²) >= 11 is 0. The first kappa shape index (κ1) is 20.7. The summed E-state index contributed by atoms with van der Waals surface area (Å²) < 4.78 is 10.6. The fourth-order valence-corrected chi connectivity index (χ4v) is 3.61. The molecule has 1 aliphatic rings. The maximum Gasteiger partial charge on any atom is 0.229 e. The van der Waals surface area contributed by atoms with E-state index in [9.17, 15) is 9.59 Å². The van der Waals surface area contributed by atoms with Crippen LogP contribution < -0.4 is 19.7 Å². The van der Waals surface area contributed by atoms with Crippen molar-refractivity contribution in [2.24, 2.45) is 5.92 Å². The summed E-state index contributed by atoms with van der Waals surface area (Å²) in [6, 6.07) is 13.1. The van der Waals surface area contributed by atoms with Crippen molar-refractivity contribution in [1.29, 1.82) is 0 Å². The summed E-state index contributed by atoms with van der Waals surface area (Å²) in [5, 5.41) is 3.03. The van der Waals surface area contributed by atoms with Crippen molar-refractivity contribution in [2.45, 2.75) is 32.6 Å². The van der Waals surface area contributed by atoms with E-state index in [1.165, 1.54) is 0 Å². The maximum absolute atomic E-state index is 12.9. The van der Waals surface area contributed by atoms with E-state index in [1.54, 1.807) is 37.3 Å². The number of amides is 2. The van der Waals surface area contributed by atoms with E-state index in [2.05, 4.69) is 26.1 Å². The number of ether oxygens (including phenoxy) is 2. The highest BCUT2D eigenvalue weighted by Gasteiger charge is 2.36. The molecule has 154 valence electrons. The third-order valence-electron chi connectivity index (χ3n) is 5.17. The Balaban J connectivity index is 1.77. The molecule has 1 atom stereocenters. The number of para-hydroxylation sites is 1. The minimum absolute atomic E-state index is 0.0820. The predicted molar refractivity (Wildman–Crippen MR) is 114 cm³/mol. The topological polar surface area (TPSA) is 67.9 Å². The highest BCUT2D eigenvalue weighted by molar-refractivity contribution is 6.03. The molecule has 29 heavy (non-hydrogen) atoms. The van der Waals surface area contributed by atoms with Crippen molar-refractivity contribution in [3.63, 3.8) is 0 Å². The lowest BCUT2D eigenvalue weighted by Crippen LogP contribution is -2.29. The largest absolute Gasteiger partial charge is 0.493 e. The zero-order valence-electron chi connectivity index (χ0n) is 17.6. The monoisotopic (exact) mass is 396 g/mol. The molecule has 2 aromatic carbocycles. The van der Waals surface area contributed by atoms with Crippen molar-refractivity contribution < 1.29 is 19.1 Å². The molecule has 0 unspecified atom stereocenters. The van der Waals surface area contributed by atoms with Gasteiger partial charge >= 0.3 is 0 Å². The van der Waals surface area contributed by atoms with Crippen LogP contribution in [-0.4, -0.2) is 32.6 Å².